The van der Waals surface area contributed by atoms with E-state index in [4.69, 9.17) is 17.0 Å². The zero-order chi connectivity index (χ0) is 18.4. The van der Waals surface area contributed by atoms with Crippen LogP contribution >= 0.6 is 12.2 Å². The van der Waals surface area contributed by atoms with Crippen LogP contribution in [0.4, 0.5) is 5.69 Å². The van der Waals surface area contributed by atoms with Gasteiger partial charge in [0.15, 0.2) is 11.2 Å². The number of benzene rings is 3. The van der Waals surface area contributed by atoms with Crippen LogP contribution in [-0.4, -0.2) is 17.1 Å². The van der Waals surface area contributed by atoms with E-state index in [0.29, 0.717) is 10.9 Å². The summed E-state index contributed by atoms with van der Waals surface area (Å²) in [7, 11) is 0. The molecule has 26 heavy (non-hydrogen) atoms. The van der Waals surface area contributed by atoms with Crippen molar-refractivity contribution in [3.8, 4) is 5.75 Å². The number of rotatable bonds is 4. The lowest BCUT2D eigenvalue weighted by Gasteiger charge is -2.17. The van der Waals surface area contributed by atoms with E-state index in [1.54, 1.807) is 6.92 Å². The van der Waals surface area contributed by atoms with E-state index < -0.39 is 6.10 Å². The summed E-state index contributed by atoms with van der Waals surface area (Å²) in [6.45, 7) is 1.68. The average molecular weight is 365 g/mol. The van der Waals surface area contributed by atoms with Gasteiger partial charge in [0.05, 0.1) is 0 Å². The van der Waals surface area contributed by atoms with E-state index in [2.05, 4.69) is 16.2 Å². The zero-order valence-corrected chi connectivity index (χ0v) is 15.0. The summed E-state index contributed by atoms with van der Waals surface area (Å²) in [5.74, 6) is 0.312. The average Bonchev–Trinajstić information content (AvgIpc) is 2.66. The van der Waals surface area contributed by atoms with E-state index in [1.807, 2.05) is 72.8 Å². The minimum atomic E-state index is -0.678. The first-order valence-corrected chi connectivity index (χ1v) is 8.60. The second kappa shape index (κ2) is 8.31. The first-order chi connectivity index (χ1) is 12.6. The Morgan fingerprint density at radius 3 is 2.38 bits per heavy atom. The van der Waals surface area contributed by atoms with Crippen molar-refractivity contribution in [1.29, 1.82) is 0 Å². The molecule has 1 atom stereocenters. The molecule has 0 saturated carbocycles. The van der Waals surface area contributed by atoms with Crippen molar-refractivity contribution in [1.82, 2.24) is 10.9 Å². The van der Waals surface area contributed by atoms with Crippen molar-refractivity contribution < 1.29 is 9.53 Å². The molecule has 0 fully saturated rings. The molecule has 0 spiro atoms. The highest BCUT2D eigenvalue weighted by Gasteiger charge is 2.15. The van der Waals surface area contributed by atoms with E-state index in [1.165, 1.54) is 0 Å². The van der Waals surface area contributed by atoms with E-state index in [9.17, 15) is 4.79 Å². The van der Waals surface area contributed by atoms with Crippen molar-refractivity contribution in [3.05, 3.63) is 72.8 Å². The Labute approximate surface area is 157 Å². The molecule has 0 bridgehead atoms. The molecule has 0 aliphatic carbocycles. The van der Waals surface area contributed by atoms with Crippen molar-refractivity contribution >= 4 is 39.7 Å². The molecule has 3 rings (SSSR count). The number of carbonyl (C=O) groups is 1. The molecule has 3 N–H and O–H groups in total. The maximum Gasteiger partial charge on any atom is 0.279 e. The first kappa shape index (κ1) is 17.7. The number of hydrazine groups is 1. The number of ether oxygens (including phenoxy) is 1. The van der Waals surface area contributed by atoms with Gasteiger partial charge < -0.3 is 10.1 Å². The fourth-order valence-electron chi connectivity index (χ4n) is 2.40. The largest absolute Gasteiger partial charge is 0.481 e. The van der Waals surface area contributed by atoms with Crippen molar-refractivity contribution in [2.75, 3.05) is 5.32 Å². The first-order valence-electron chi connectivity index (χ1n) is 8.19. The van der Waals surface area contributed by atoms with Crippen molar-refractivity contribution in [2.24, 2.45) is 0 Å². The molecule has 0 unspecified atom stereocenters. The molecule has 3 aromatic rings. The lowest BCUT2D eigenvalue weighted by molar-refractivity contribution is -0.127. The topological polar surface area (TPSA) is 62.4 Å². The maximum atomic E-state index is 12.2. The SMILES string of the molecule is C[C@@H](Oc1ccc2ccccc2c1)C(=O)NNC(=S)Nc1ccccc1. The summed E-state index contributed by atoms with van der Waals surface area (Å²) in [6, 6.07) is 23.2. The van der Waals surface area contributed by atoms with Gasteiger partial charge in [-0.2, -0.15) is 0 Å². The van der Waals surface area contributed by atoms with Gasteiger partial charge in [-0.1, -0.05) is 48.5 Å². The van der Waals surface area contributed by atoms with Crippen molar-refractivity contribution in [3.63, 3.8) is 0 Å². The number of para-hydroxylation sites is 1. The number of thiocarbonyl (C=S) groups is 1. The second-order valence-electron chi connectivity index (χ2n) is 5.70. The lowest BCUT2D eigenvalue weighted by Crippen LogP contribution is -2.48. The van der Waals surface area contributed by atoms with Crippen molar-refractivity contribution in [2.45, 2.75) is 13.0 Å². The van der Waals surface area contributed by atoms with Crippen LogP contribution in [-0.2, 0) is 4.79 Å². The molecule has 6 heteroatoms. The number of hydrogen-bond donors (Lipinski definition) is 3. The number of nitrogens with one attached hydrogen (secondary N) is 3. The van der Waals surface area contributed by atoms with Gasteiger partial charge in [0.1, 0.15) is 5.75 Å². The summed E-state index contributed by atoms with van der Waals surface area (Å²) in [5, 5.41) is 5.45. The van der Waals surface area contributed by atoms with Crippen LogP contribution < -0.4 is 20.9 Å². The molecule has 132 valence electrons. The molecular weight excluding hydrogens is 346 g/mol. The second-order valence-corrected chi connectivity index (χ2v) is 6.11. The molecular formula is C20H19N3O2S. The Kier molecular flexibility index (Phi) is 5.66. The van der Waals surface area contributed by atoms with E-state index >= 15 is 0 Å². The predicted molar refractivity (Wildman–Crippen MR) is 108 cm³/mol. The fourth-order valence-corrected chi connectivity index (χ4v) is 2.57. The molecule has 1 amide bonds. The van der Waals surface area contributed by atoms with Crippen LogP contribution in [0.3, 0.4) is 0 Å². The van der Waals surface area contributed by atoms with Gasteiger partial charge in [-0.05, 0) is 54.2 Å². The Bertz CT molecular complexity index is 915. The molecule has 3 aromatic carbocycles. The van der Waals surface area contributed by atoms with Gasteiger partial charge in [-0.25, -0.2) is 0 Å². The monoisotopic (exact) mass is 365 g/mol. The minimum absolute atomic E-state index is 0.294. The van der Waals surface area contributed by atoms with Gasteiger partial charge >= 0.3 is 0 Å². The Morgan fingerprint density at radius 2 is 1.62 bits per heavy atom. The maximum absolute atomic E-state index is 12.2. The number of fused-ring (bicyclic) bond motifs is 1. The van der Waals surface area contributed by atoms with Gasteiger partial charge in [-0.3, -0.25) is 15.6 Å². The summed E-state index contributed by atoms with van der Waals surface area (Å²) in [4.78, 5) is 12.2. The quantitative estimate of drug-likeness (QED) is 0.487. The normalized spacial score (nSPS) is 11.4. The van der Waals surface area contributed by atoms with E-state index in [-0.39, 0.29) is 5.91 Å². The van der Waals surface area contributed by atoms with Crippen LogP contribution in [0.2, 0.25) is 0 Å². The Balaban J connectivity index is 1.51. The predicted octanol–water partition coefficient (Wildman–Crippen LogP) is 3.62. The zero-order valence-electron chi connectivity index (χ0n) is 14.2. The molecule has 0 aliphatic heterocycles. The third-order valence-electron chi connectivity index (χ3n) is 3.73. The Morgan fingerprint density at radius 1 is 0.923 bits per heavy atom. The van der Waals surface area contributed by atoms with Gasteiger partial charge in [0, 0.05) is 5.69 Å². The number of anilines is 1. The third kappa shape index (κ3) is 4.70. The smallest absolute Gasteiger partial charge is 0.279 e. The van der Waals surface area contributed by atoms with Crippen LogP contribution in [0, 0.1) is 0 Å². The highest BCUT2D eigenvalue weighted by molar-refractivity contribution is 7.80. The number of carbonyl (C=O) groups excluding carboxylic acids is 1. The summed E-state index contributed by atoms with van der Waals surface area (Å²) in [6.07, 6.45) is -0.678. The molecule has 0 heterocycles. The Hall–Kier alpha value is -3.12. The minimum Gasteiger partial charge on any atom is -0.481 e. The van der Waals surface area contributed by atoms with Crippen LogP contribution in [0.5, 0.6) is 5.75 Å². The van der Waals surface area contributed by atoms with E-state index in [0.717, 1.165) is 16.5 Å². The van der Waals surface area contributed by atoms with Gasteiger partial charge in [-0.15, -0.1) is 0 Å². The van der Waals surface area contributed by atoms with Gasteiger partial charge in [0.25, 0.3) is 5.91 Å². The van der Waals surface area contributed by atoms with Crippen LogP contribution in [0.15, 0.2) is 72.8 Å². The highest BCUT2D eigenvalue weighted by atomic mass is 32.1. The molecule has 5 nitrogen and oxygen atoms in total. The highest BCUT2D eigenvalue weighted by Crippen LogP contribution is 2.21. The summed E-state index contributed by atoms with van der Waals surface area (Å²) < 4.78 is 5.72. The number of amides is 1. The molecule has 0 saturated heterocycles. The van der Waals surface area contributed by atoms with Crippen LogP contribution in [0.25, 0.3) is 10.8 Å². The molecule has 0 aromatic heterocycles. The lowest BCUT2D eigenvalue weighted by atomic mass is 10.1. The fraction of sp³-hybridized carbons (Fsp3) is 0.100. The summed E-state index contributed by atoms with van der Waals surface area (Å²) in [5.41, 5.74) is 6.04. The summed E-state index contributed by atoms with van der Waals surface area (Å²) >= 11 is 5.15. The molecule has 0 radical (unpaired) electrons. The standard InChI is InChI=1S/C20H19N3O2S/c1-14(25-18-12-11-15-7-5-6-8-16(15)13-18)19(24)22-23-20(26)21-17-9-3-2-4-10-17/h2-14H,1H3,(H,22,24)(H2,21,23,26)/t14-/m1/s1. The molecule has 0 aliphatic rings. The van der Waals surface area contributed by atoms with Crippen LogP contribution in [0.1, 0.15) is 6.92 Å². The number of hydrogen-bond acceptors (Lipinski definition) is 3. The van der Waals surface area contributed by atoms with Gasteiger partial charge in [0.2, 0.25) is 0 Å². The third-order valence-corrected chi connectivity index (χ3v) is 3.94.